The Kier molecular flexibility index (Phi) is 6.54. The van der Waals surface area contributed by atoms with E-state index in [1.807, 2.05) is 6.07 Å². The van der Waals surface area contributed by atoms with Crippen molar-refractivity contribution < 1.29 is 23.5 Å². The van der Waals surface area contributed by atoms with E-state index in [4.69, 9.17) is 4.42 Å². The van der Waals surface area contributed by atoms with Gasteiger partial charge in [-0.15, -0.1) is 10.2 Å². The number of carbonyl (C=O) groups excluding carboxylic acids is 2. The number of rotatable bonds is 7. The fourth-order valence-corrected chi connectivity index (χ4v) is 5.95. The molecule has 2 aromatic heterocycles. The standard InChI is InChI=1S/C24H15BrFN3O4S2/c25-15-7-3-6-13(11-15)19-18(20(30)17-9-4-10-33-17)21(31)22(32)29(19)23-27-28-24(35-23)34-12-14-5-1-2-8-16(14)26/h1-11,19,31H,12H2. The molecule has 0 spiro atoms. The lowest BCUT2D eigenvalue weighted by Crippen LogP contribution is -2.31. The van der Waals surface area contributed by atoms with Gasteiger partial charge < -0.3 is 9.52 Å². The largest absolute Gasteiger partial charge is 0.503 e. The Morgan fingerprint density at radius 3 is 2.74 bits per heavy atom. The van der Waals surface area contributed by atoms with E-state index >= 15 is 0 Å². The van der Waals surface area contributed by atoms with Crippen LogP contribution in [-0.2, 0) is 10.5 Å². The van der Waals surface area contributed by atoms with E-state index < -0.39 is 23.5 Å². The number of aromatic nitrogens is 2. The summed E-state index contributed by atoms with van der Waals surface area (Å²) >= 11 is 5.81. The van der Waals surface area contributed by atoms with Crippen molar-refractivity contribution in [3.05, 3.63) is 105 Å². The molecular weight excluding hydrogens is 557 g/mol. The maximum Gasteiger partial charge on any atom is 0.296 e. The summed E-state index contributed by atoms with van der Waals surface area (Å²) in [5.41, 5.74) is 0.991. The molecule has 3 heterocycles. The Morgan fingerprint density at radius 2 is 2.00 bits per heavy atom. The van der Waals surface area contributed by atoms with Crippen LogP contribution in [0, 0.1) is 5.82 Å². The van der Waals surface area contributed by atoms with Gasteiger partial charge >= 0.3 is 0 Å². The topological polar surface area (TPSA) is 96.5 Å². The number of carbonyl (C=O) groups is 2. The second kappa shape index (κ2) is 9.76. The monoisotopic (exact) mass is 571 g/mol. The maximum absolute atomic E-state index is 14.0. The minimum Gasteiger partial charge on any atom is -0.503 e. The number of amides is 1. The number of nitrogens with zero attached hydrogens (tertiary/aromatic N) is 3. The van der Waals surface area contributed by atoms with Gasteiger partial charge in [0.1, 0.15) is 5.82 Å². The summed E-state index contributed by atoms with van der Waals surface area (Å²) in [7, 11) is 0. The van der Waals surface area contributed by atoms with Crippen LogP contribution in [0.15, 0.2) is 91.5 Å². The Hall–Kier alpha value is -3.28. The molecule has 0 bridgehead atoms. The number of Topliss-reactive ketones (excluding diaryl/α,β-unsaturated/α-hetero) is 1. The fourth-order valence-electron chi connectivity index (χ4n) is 3.68. The van der Waals surface area contributed by atoms with Gasteiger partial charge in [-0.1, -0.05) is 69.4 Å². The number of halogens is 2. The molecule has 1 atom stereocenters. The Balaban J connectivity index is 1.50. The normalized spacial score (nSPS) is 15.8. The first-order valence-corrected chi connectivity index (χ1v) is 12.8. The summed E-state index contributed by atoms with van der Waals surface area (Å²) in [4.78, 5) is 27.7. The zero-order valence-electron chi connectivity index (χ0n) is 17.7. The van der Waals surface area contributed by atoms with E-state index in [-0.39, 0.29) is 22.3 Å². The molecule has 176 valence electrons. The predicted octanol–water partition coefficient (Wildman–Crippen LogP) is 6.11. The van der Waals surface area contributed by atoms with E-state index in [0.29, 0.717) is 21.2 Å². The third-order valence-corrected chi connectivity index (χ3v) is 7.87. The van der Waals surface area contributed by atoms with Crippen LogP contribution in [0.1, 0.15) is 27.7 Å². The van der Waals surface area contributed by atoms with E-state index in [2.05, 4.69) is 26.1 Å². The molecule has 35 heavy (non-hydrogen) atoms. The lowest BCUT2D eigenvalue weighted by Gasteiger charge is -2.24. The number of anilines is 1. The Labute approximate surface area is 215 Å². The van der Waals surface area contributed by atoms with Crippen molar-refractivity contribution in [2.45, 2.75) is 16.1 Å². The van der Waals surface area contributed by atoms with Gasteiger partial charge in [-0.3, -0.25) is 14.5 Å². The molecule has 1 aliphatic heterocycles. The van der Waals surface area contributed by atoms with Crippen molar-refractivity contribution in [1.82, 2.24) is 10.2 Å². The van der Waals surface area contributed by atoms with Crippen LogP contribution < -0.4 is 4.90 Å². The Bertz CT molecular complexity index is 1450. The van der Waals surface area contributed by atoms with Gasteiger partial charge in [0.2, 0.25) is 10.9 Å². The molecule has 0 aliphatic carbocycles. The quantitative estimate of drug-likeness (QED) is 0.162. The van der Waals surface area contributed by atoms with Crippen LogP contribution in [0.25, 0.3) is 0 Å². The van der Waals surface area contributed by atoms with Gasteiger partial charge in [0.05, 0.1) is 17.9 Å². The number of thioether (sulfide) groups is 1. The van der Waals surface area contributed by atoms with Crippen molar-refractivity contribution in [1.29, 1.82) is 0 Å². The maximum atomic E-state index is 14.0. The minimum atomic E-state index is -0.949. The fraction of sp³-hybridized carbons (Fsp3) is 0.0833. The molecule has 2 aromatic carbocycles. The number of furan rings is 1. The molecule has 0 fully saturated rings. The minimum absolute atomic E-state index is 0.000377. The number of ketones is 1. The van der Waals surface area contributed by atoms with Crippen LogP contribution in [0.4, 0.5) is 9.52 Å². The van der Waals surface area contributed by atoms with Gasteiger partial charge in [0.25, 0.3) is 5.91 Å². The second-order valence-electron chi connectivity index (χ2n) is 7.43. The van der Waals surface area contributed by atoms with Gasteiger partial charge in [0, 0.05) is 10.2 Å². The molecule has 7 nitrogen and oxygen atoms in total. The first-order chi connectivity index (χ1) is 16.9. The zero-order valence-corrected chi connectivity index (χ0v) is 20.9. The third kappa shape index (κ3) is 4.54. The summed E-state index contributed by atoms with van der Waals surface area (Å²) in [6.07, 6.45) is 1.34. The van der Waals surface area contributed by atoms with Crippen molar-refractivity contribution >= 4 is 55.9 Å². The zero-order chi connectivity index (χ0) is 24.5. The smallest absolute Gasteiger partial charge is 0.296 e. The molecule has 0 saturated carbocycles. The highest BCUT2D eigenvalue weighted by atomic mass is 79.9. The molecule has 1 unspecified atom stereocenters. The molecule has 5 rings (SSSR count). The highest BCUT2D eigenvalue weighted by Gasteiger charge is 2.46. The van der Waals surface area contributed by atoms with Gasteiger partial charge in [-0.25, -0.2) is 4.39 Å². The number of hydrogen-bond donors (Lipinski definition) is 1. The van der Waals surface area contributed by atoms with Gasteiger partial charge in [0.15, 0.2) is 15.9 Å². The molecule has 1 N–H and O–H groups in total. The van der Waals surface area contributed by atoms with E-state index in [9.17, 15) is 19.1 Å². The average molecular weight is 572 g/mol. The highest BCUT2D eigenvalue weighted by molar-refractivity contribution is 9.10. The summed E-state index contributed by atoms with van der Waals surface area (Å²) < 4.78 is 20.4. The van der Waals surface area contributed by atoms with Crippen LogP contribution in [0.5, 0.6) is 0 Å². The van der Waals surface area contributed by atoms with Gasteiger partial charge in [-0.2, -0.15) is 0 Å². The van der Waals surface area contributed by atoms with E-state index in [1.165, 1.54) is 35.1 Å². The number of hydrogen-bond acceptors (Lipinski definition) is 8. The van der Waals surface area contributed by atoms with Crippen LogP contribution >= 0.6 is 39.0 Å². The van der Waals surface area contributed by atoms with Crippen molar-refractivity contribution in [2.24, 2.45) is 0 Å². The van der Waals surface area contributed by atoms with Gasteiger partial charge in [-0.05, 0) is 41.5 Å². The lowest BCUT2D eigenvalue weighted by molar-refractivity contribution is -0.117. The molecule has 1 amide bonds. The first kappa shape index (κ1) is 23.5. The van der Waals surface area contributed by atoms with Crippen LogP contribution in [-0.4, -0.2) is 27.0 Å². The van der Waals surface area contributed by atoms with Crippen LogP contribution in [0.2, 0.25) is 0 Å². The molecule has 1 aliphatic rings. The second-order valence-corrected chi connectivity index (χ2v) is 10.5. The average Bonchev–Trinajstić information content (AvgIpc) is 3.59. The number of aliphatic hydroxyl groups excluding tert-OH is 1. The summed E-state index contributed by atoms with van der Waals surface area (Å²) in [5.74, 6) is -2.04. The van der Waals surface area contributed by atoms with Crippen molar-refractivity contribution in [3.63, 3.8) is 0 Å². The van der Waals surface area contributed by atoms with E-state index in [0.717, 1.165) is 15.8 Å². The van der Waals surface area contributed by atoms with Crippen LogP contribution in [0.3, 0.4) is 0 Å². The molecule has 4 aromatic rings. The summed E-state index contributed by atoms with van der Waals surface area (Å²) in [6, 6.07) is 15.6. The molecule has 0 saturated heterocycles. The number of benzene rings is 2. The Morgan fingerprint density at radius 1 is 1.17 bits per heavy atom. The molecular formula is C24H15BrFN3O4S2. The third-order valence-electron chi connectivity index (χ3n) is 5.27. The SMILES string of the molecule is O=C(C1=C(O)C(=O)N(c2nnc(SCc3ccccc3F)s2)C1c1cccc(Br)c1)c1ccco1. The predicted molar refractivity (Wildman–Crippen MR) is 133 cm³/mol. The molecule has 0 radical (unpaired) electrons. The molecule has 11 heteroatoms. The number of aliphatic hydroxyl groups is 1. The first-order valence-electron chi connectivity index (χ1n) is 10.2. The highest BCUT2D eigenvalue weighted by Crippen LogP contribution is 2.44. The lowest BCUT2D eigenvalue weighted by atomic mass is 9.95. The van der Waals surface area contributed by atoms with Crippen molar-refractivity contribution in [2.75, 3.05) is 4.90 Å². The van der Waals surface area contributed by atoms with E-state index in [1.54, 1.807) is 42.5 Å². The van der Waals surface area contributed by atoms with Crippen molar-refractivity contribution in [3.8, 4) is 0 Å². The summed E-state index contributed by atoms with van der Waals surface area (Å²) in [6.45, 7) is 0. The summed E-state index contributed by atoms with van der Waals surface area (Å²) in [5, 5.41) is 19.3.